The van der Waals surface area contributed by atoms with Crippen LogP contribution in [0.5, 0.6) is 0 Å². The molecule has 2 atom stereocenters. The van der Waals surface area contributed by atoms with E-state index < -0.39 is 17.8 Å². The fourth-order valence-electron chi connectivity index (χ4n) is 4.81. The Bertz CT molecular complexity index is 1100. The number of nitrogens with zero attached hydrogens (tertiary/aromatic N) is 2. The standard InChI is InChI=1S/C27H31N3O4/c1-18-16-22(23(27(33)34)17-19(18)2)25(31)28-24-11-7-6-10-21(24)26(32)30-14-12-29(13-15-30)20-8-4-3-5-9-20/h3-11,22-23H,12-17H2,1-2H3,(H,28,31)(H,33,34)/t22-,23+/m0/s1. The number of para-hydroxylation sites is 2. The molecule has 2 aromatic carbocycles. The van der Waals surface area contributed by atoms with Crippen LogP contribution >= 0.6 is 0 Å². The van der Waals surface area contributed by atoms with Crippen molar-refractivity contribution >= 4 is 29.2 Å². The van der Waals surface area contributed by atoms with Gasteiger partial charge < -0.3 is 20.2 Å². The summed E-state index contributed by atoms with van der Waals surface area (Å²) in [5, 5.41) is 12.5. The number of hydrogen-bond acceptors (Lipinski definition) is 4. The van der Waals surface area contributed by atoms with Gasteiger partial charge >= 0.3 is 5.97 Å². The van der Waals surface area contributed by atoms with Gasteiger partial charge in [0.25, 0.3) is 5.91 Å². The maximum Gasteiger partial charge on any atom is 0.307 e. The topological polar surface area (TPSA) is 89.9 Å². The molecule has 1 fully saturated rings. The third kappa shape index (κ3) is 4.98. The molecule has 2 amide bonds. The Hall–Kier alpha value is -3.61. The molecule has 178 valence electrons. The maximum absolute atomic E-state index is 13.3. The second kappa shape index (κ2) is 10.1. The number of piperazine rings is 1. The van der Waals surface area contributed by atoms with Gasteiger partial charge in [0, 0.05) is 31.9 Å². The molecule has 7 heteroatoms. The zero-order valence-electron chi connectivity index (χ0n) is 19.7. The number of carboxylic acids is 1. The largest absolute Gasteiger partial charge is 0.481 e. The van der Waals surface area contributed by atoms with E-state index in [0.717, 1.165) is 29.9 Å². The van der Waals surface area contributed by atoms with E-state index in [1.807, 2.05) is 32.0 Å². The summed E-state index contributed by atoms with van der Waals surface area (Å²) in [6.07, 6.45) is 0.776. The van der Waals surface area contributed by atoms with E-state index in [1.54, 1.807) is 29.2 Å². The van der Waals surface area contributed by atoms with E-state index in [0.29, 0.717) is 37.2 Å². The summed E-state index contributed by atoms with van der Waals surface area (Å²) < 4.78 is 0. The van der Waals surface area contributed by atoms with Crippen LogP contribution in [-0.2, 0) is 9.59 Å². The normalized spacial score (nSPS) is 20.8. The van der Waals surface area contributed by atoms with Gasteiger partial charge in [-0.05, 0) is 51.0 Å². The van der Waals surface area contributed by atoms with Gasteiger partial charge in [-0.3, -0.25) is 14.4 Å². The lowest BCUT2D eigenvalue weighted by atomic mass is 9.76. The zero-order chi connectivity index (χ0) is 24.2. The molecule has 2 N–H and O–H groups in total. The quantitative estimate of drug-likeness (QED) is 0.656. The summed E-state index contributed by atoms with van der Waals surface area (Å²) in [5.41, 5.74) is 4.08. The van der Waals surface area contributed by atoms with Gasteiger partial charge in [0.05, 0.1) is 23.1 Å². The van der Waals surface area contributed by atoms with Crippen molar-refractivity contribution in [3.63, 3.8) is 0 Å². The van der Waals surface area contributed by atoms with Crippen LogP contribution in [0.3, 0.4) is 0 Å². The zero-order valence-corrected chi connectivity index (χ0v) is 19.7. The Labute approximate surface area is 200 Å². The third-order valence-electron chi connectivity index (χ3n) is 7.02. The van der Waals surface area contributed by atoms with E-state index in [2.05, 4.69) is 22.3 Å². The number of aliphatic carboxylic acids is 1. The average Bonchev–Trinajstić information content (AvgIpc) is 2.86. The molecule has 1 heterocycles. The van der Waals surface area contributed by atoms with Crippen LogP contribution in [0.4, 0.5) is 11.4 Å². The SMILES string of the molecule is CC1=C(C)C[C@@H](C(=O)O)[C@@H](C(=O)Nc2ccccc2C(=O)N2CCN(c3ccccc3)CC2)C1. The Balaban J connectivity index is 1.46. The Kier molecular flexibility index (Phi) is 7.01. The molecule has 1 aliphatic carbocycles. The van der Waals surface area contributed by atoms with Gasteiger partial charge in [-0.25, -0.2) is 0 Å². The molecule has 0 bridgehead atoms. The molecule has 1 aliphatic heterocycles. The van der Waals surface area contributed by atoms with Crippen LogP contribution in [0.15, 0.2) is 65.7 Å². The number of carboxylic acid groups (broad SMARTS) is 1. The lowest BCUT2D eigenvalue weighted by Gasteiger charge is -2.36. The van der Waals surface area contributed by atoms with Gasteiger partial charge in [0.1, 0.15) is 0 Å². The number of carbonyl (C=O) groups is 3. The van der Waals surface area contributed by atoms with Crippen LogP contribution in [0.25, 0.3) is 0 Å². The van der Waals surface area contributed by atoms with E-state index >= 15 is 0 Å². The Morgan fingerprint density at radius 3 is 2.06 bits per heavy atom. The monoisotopic (exact) mass is 461 g/mol. The van der Waals surface area contributed by atoms with Crippen molar-refractivity contribution in [2.45, 2.75) is 26.7 Å². The number of anilines is 2. The first kappa shape index (κ1) is 23.5. The molecular formula is C27H31N3O4. The summed E-state index contributed by atoms with van der Waals surface area (Å²) in [5.74, 6) is -2.88. The first-order chi connectivity index (χ1) is 16.3. The van der Waals surface area contributed by atoms with Crippen LogP contribution in [0, 0.1) is 11.8 Å². The lowest BCUT2D eigenvalue weighted by molar-refractivity contribution is -0.146. The minimum absolute atomic E-state index is 0.131. The molecule has 0 radical (unpaired) electrons. The second-order valence-corrected chi connectivity index (χ2v) is 9.17. The van der Waals surface area contributed by atoms with Crippen molar-refractivity contribution in [3.05, 3.63) is 71.3 Å². The molecule has 34 heavy (non-hydrogen) atoms. The minimum atomic E-state index is -0.965. The molecule has 2 aliphatic rings. The van der Waals surface area contributed by atoms with Crippen LogP contribution in [0.2, 0.25) is 0 Å². The number of hydrogen-bond donors (Lipinski definition) is 2. The first-order valence-electron chi connectivity index (χ1n) is 11.7. The van der Waals surface area contributed by atoms with Crippen molar-refractivity contribution in [3.8, 4) is 0 Å². The predicted molar refractivity (Wildman–Crippen MR) is 132 cm³/mol. The summed E-state index contributed by atoms with van der Waals surface area (Å²) in [4.78, 5) is 42.4. The van der Waals surface area contributed by atoms with E-state index in [4.69, 9.17) is 0 Å². The summed E-state index contributed by atoms with van der Waals surface area (Å²) >= 11 is 0. The highest BCUT2D eigenvalue weighted by Gasteiger charge is 2.37. The lowest BCUT2D eigenvalue weighted by Crippen LogP contribution is -2.49. The number of amides is 2. The third-order valence-corrected chi connectivity index (χ3v) is 7.02. The van der Waals surface area contributed by atoms with Gasteiger partial charge in [-0.15, -0.1) is 0 Å². The highest BCUT2D eigenvalue weighted by molar-refractivity contribution is 6.05. The number of carbonyl (C=O) groups excluding carboxylic acids is 2. The molecule has 0 spiro atoms. The molecule has 0 unspecified atom stereocenters. The summed E-state index contributed by atoms with van der Waals surface area (Å²) in [6.45, 7) is 6.51. The van der Waals surface area contributed by atoms with Gasteiger partial charge in [0.2, 0.25) is 5.91 Å². The highest BCUT2D eigenvalue weighted by atomic mass is 16.4. The van der Waals surface area contributed by atoms with Crippen LogP contribution in [-0.4, -0.2) is 54.0 Å². The molecule has 1 saturated heterocycles. The molecule has 4 rings (SSSR count). The molecular weight excluding hydrogens is 430 g/mol. The maximum atomic E-state index is 13.3. The highest BCUT2D eigenvalue weighted by Crippen LogP contribution is 2.35. The second-order valence-electron chi connectivity index (χ2n) is 9.17. The van der Waals surface area contributed by atoms with E-state index in [1.165, 1.54) is 0 Å². The Morgan fingerprint density at radius 2 is 1.41 bits per heavy atom. The van der Waals surface area contributed by atoms with E-state index in [9.17, 15) is 19.5 Å². The Morgan fingerprint density at radius 1 is 0.824 bits per heavy atom. The van der Waals surface area contributed by atoms with Crippen molar-refractivity contribution in [2.24, 2.45) is 11.8 Å². The molecule has 0 saturated carbocycles. The molecule has 7 nitrogen and oxygen atoms in total. The summed E-state index contributed by atoms with van der Waals surface area (Å²) in [6, 6.07) is 17.1. The molecule has 0 aromatic heterocycles. The smallest absolute Gasteiger partial charge is 0.307 e. The van der Waals surface area contributed by atoms with Gasteiger partial charge in [0.15, 0.2) is 0 Å². The average molecular weight is 462 g/mol. The van der Waals surface area contributed by atoms with Crippen molar-refractivity contribution in [1.29, 1.82) is 0 Å². The minimum Gasteiger partial charge on any atom is -0.481 e. The van der Waals surface area contributed by atoms with Crippen LogP contribution in [0.1, 0.15) is 37.0 Å². The van der Waals surface area contributed by atoms with Gasteiger partial charge in [-0.2, -0.15) is 0 Å². The number of allylic oxidation sites excluding steroid dienone is 2. The number of nitrogens with one attached hydrogen (secondary N) is 1. The van der Waals surface area contributed by atoms with Crippen molar-refractivity contribution in [2.75, 3.05) is 36.4 Å². The summed E-state index contributed by atoms with van der Waals surface area (Å²) in [7, 11) is 0. The predicted octanol–water partition coefficient (Wildman–Crippen LogP) is 4.03. The van der Waals surface area contributed by atoms with Crippen molar-refractivity contribution < 1.29 is 19.5 Å². The fourth-order valence-corrected chi connectivity index (χ4v) is 4.81. The van der Waals surface area contributed by atoms with Gasteiger partial charge in [-0.1, -0.05) is 41.5 Å². The number of rotatable bonds is 5. The fraction of sp³-hybridized carbons (Fsp3) is 0.370. The van der Waals surface area contributed by atoms with Crippen LogP contribution < -0.4 is 10.2 Å². The number of benzene rings is 2. The molecule has 2 aromatic rings. The van der Waals surface area contributed by atoms with E-state index in [-0.39, 0.29) is 11.8 Å². The first-order valence-corrected chi connectivity index (χ1v) is 11.7. The van der Waals surface area contributed by atoms with Crippen molar-refractivity contribution in [1.82, 2.24) is 4.90 Å².